The van der Waals surface area contributed by atoms with Crippen LogP contribution in [0.4, 0.5) is 0 Å². The van der Waals surface area contributed by atoms with Crippen molar-refractivity contribution in [3.63, 3.8) is 0 Å². The van der Waals surface area contributed by atoms with Crippen molar-refractivity contribution >= 4 is 17.4 Å². The lowest BCUT2D eigenvalue weighted by atomic mass is 10.0. The predicted molar refractivity (Wildman–Crippen MR) is 64.3 cm³/mol. The van der Waals surface area contributed by atoms with Crippen molar-refractivity contribution in [2.24, 2.45) is 5.92 Å². The number of hydrogen-bond acceptors (Lipinski definition) is 4. The van der Waals surface area contributed by atoms with E-state index in [0.717, 1.165) is 0 Å². The van der Waals surface area contributed by atoms with Crippen molar-refractivity contribution in [1.82, 2.24) is 9.78 Å². The summed E-state index contributed by atoms with van der Waals surface area (Å²) in [7, 11) is 1.57. The molecule has 0 aliphatic carbocycles. The van der Waals surface area contributed by atoms with Crippen LogP contribution in [0.1, 0.15) is 24.3 Å². The molecule has 0 fully saturated rings. The smallest absolute Gasteiger partial charge is 0.211 e. The first-order valence-corrected chi connectivity index (χ1v) is 5.79. The quantitative estimate of drug-likeness (QED) is 0.785. The highest BCUT2D eigenvalue weighted by atomic mass is 35.5. The van der Waals surface area contributed by atoms with Gasteiger partial charge in [0.05, 0.1) is 24.4 Å². The Morgan fingerprint density at radius 2 is 2.29 bits per heavy atom. The molecule has 0 aromatic carbocycles. The molecule has 0 saturated carbocycles. The minimum atomic E-state index is -1.06. The van der Waals surface area contributed by atoms with Gasteiger partial charge in [0.1, 0.15) is 11.8 Å². The molecule has 0 aliphatic rings. The molecular formula is C11H17ClN2O3. The lowest BCUT2D eigenvalue weighted by molar-refractivity contribution is 0.0633. The normalized spacial score (nSPS) is 13.1. The third kappa shape index (κ3) is 3.28. The van der Waals surface area contributed by atoms with Gasteiger partial charge in [-0.2, -0.15) is 5.10 Å². The van der Waals surface area contributed by atoms with E-state index in [1.54, 1.807) is 21.0 Å². The van der Waals surface area contributed by atoms with E-state index in [4.69, 9.17) is 16.3 Å². The van der Waals surface area contributed by atoms with Gasteiger partial charge in [0.25, 0.3) is 0 Å². The number of ether oxygens (including phenoxy) is 1. The van der Waals surface area contributed by atoms with Crippen LogP contribution in [0.3, 0.4) is 0 Å². The van der Waals surface area contributed by atoms with Crippen LogP contribution < -0.4 is 0 Å². The standard InChI is InChI=1S/C11H17ClN2O3/c1-7(2)10(15)11(16)9-8(12)6-13-14(9)4-5-17-3/h6-7,10,15H,4-5H2,1-3H3. The summed E-state index contributed by atoms with van der Waals surface area (Å²) in [6, 6.07) is 0. The monoisotopic (exact) mass is 260 g/mol. The molecule has 6 heteroatoms. The molecule has 0 spiro atoms. The molecule has 0 radical (unpaired) electrons. The van der Waals surface area contributed by atoms with E-state index in [9.17, 15) is 9.90 Å². The van der Waals surface area contributed by atoms with Gasteiger partial charge < -0.3 is 9.84 Å². The summed E-state index contributed by atoms with van der Waals surface area (Å²) in [5.74, 6) is -0.567. The zero-order valence-electron chi connectivity index (χ0n) is 10.2. The lowest BCUT2D eigenvalue weighted by Crippen LogP contribution is -2.29. The minimum Gasteiger partial charge on any atom is -0.385 e. The second-order valence-corrected chi connectivity index (χ2v) is 4.52. The SMILES string of the molecule is COCCn1ncc(Cl)c1C(=O)C(O)C(C)C. The molecule has 0 aliphatic heterocycles. The van der Waals surface area contributed by atoms with Crippen LogP contribution in [-0.2, 0) is 11.3 Å². The minimum absolute atomic E-state index is 0.163. The number of carbonyl (C=O) groups excluding carboxylic acids is 1. The van der Waals surface area contributed by atoms with E-state index in [1.807, 2.05) is 0 Å². The number of ketones is 1. The van der Waals surface area contributed by atoms with Gasteiger partial charge in [-0.05, 0) is 5.92 Å². The topological polar surface area (TPSA) is 64.4 Å². The van der Waals surface area contributed by atoms with Crippen molar-refractivity contribution in [2.45, 2.75) is 26.5 Å². The number of Topliss-reactive ketones (excluding diaryl/α,β-unsaturated/α-hetero) is 1. The summed E-state index contributed by atoms with van der Waals surface area (Å²) < 4.78 is 6.38. The highest BCUT2D eigenvalue weighted by Gasteiger charge is 2.26. The zero-order valence-corrected chi connectivity index (χ0v) is 10.9. The first-order chi connectivity index (χ1) is 7.99. The van der Waals surface area contributed by atoms with E-state index in [1.165, 1.54) is 10.9 Å². The summed E-state index contributed by atoms with van der Waals surface area (Å²) in [4.78, 5) is 12.0. The maximum atomic E-state index is 12.0. The molecule has 5 nitrogen and oxygen atoms in total. The van der Waals surface area contributed by atoms with Crippen molar-refractivity contribution in [1.29, 1.82) is 0 Å². The number of halogens is 1. The molecule has 0 bridgehead atoms. The second kappa shape index (κ2) is 6.14. The molecule has 1 N–H and O–H groups in total. The number of hydrogen-bond donors (Lipinski definition) is 1. The molecule has 1 atom stereocenters. The van der Waals surface area contributed by atoms with Crippen LogP contribution in [0.25, 0.3) is 0 Å². The Hall–Kier alpha value is -0.910. The van der Waals surface area contributed by atoms with Gasteiger partial charge in [-0.3, -0.25) is 9.48 Å². The van der Waals surface area contributed by atoms with Gasteiger partial charge in [-0.25, -0.2) is 0 Å². The van der Waals surface area contributed by atoms with E-state index in [-0.39, 0.29) is 16.6 Å². The Morgan fingerprint density at radius 1 is 1.65 bits per heavy atom. The summed E-state index contributed by atoms with van der Waals surface area (Å²) >= 11 is 5.91. The highest BCUT2D eigenvalue weighted by molar-refractivity contribution is 6.33. The van der Waals surface area contributed by atoms with Gasteiger partial charge in [0.2, 0.25) is 5.78 Å². The van der Waals surface area contributed by atoms with Gasteiger partial charge in [-0.15, -0.1) is 0 Å². The Balaban J connectivity index is 2.95. The van der Waals surface area contributed by atoms with Crippen molar-refractivity contribution in [3.05, 3.63) is 16.9 Å². The molecule has 17 heavy (non-hydrogen) atoms. The summed E-state index contributed by atoms with van der Waals surface area (Å²) in [5, 5.41) is 14.0. The Kier molecular flexibility index (Phi) is 5.11. The molecule has 1 aromatic heterocycles. The molecular weight excluding hydrogens is 244 g/mol. The molecule has 1 aromatic rings. The van der Waals surface area contributed by atoms with Crippen LogP contribution in [0.5, 0.6) is 0 Å². The number of methoxy groups -OCH3 is 1. The van der Waals surface area contributed by atoms with Crippen LogP contribution >= 0.6 is 11.6 Å². The Bertz CT molecular complexity index is 390. The van der Waals surface area contributed by atoms with Gasteiger partial charge in [0.15, 0.2) is 0 Å². The number of rotatable bonds is 6. The van der Waals surface area contributed by atoms with Gasteiger partial charge in [0, 0.05) is 7.11 Å². The number of carbonyl (C=O) groups is 1. The zero-order chi connectivity index (χ0) is 13.0. The van der Waals surface area contributed by atoms with E-state index < -0.39 is 11.9 Å². The number of nitrogens with zero attached hydrogens (tertiary/aromatic N) is 2. The third-order valence-corrected chi connectivity index (χ3v) is 2.71. The van der Waals surface area contributed by atoms with E-state index in [0.29, 0.717) is 13.2 Å². The maximum absolute atomic E-state index is 12.0. The van der Waals surface area contributed by atoms with Crippen LogP contribution in [-0.4, -0.2) is 40.5 Å². The van der Waals surface area contributed by atoms with Crippen LogP contribution in [0.15, 0.2) is 6.20 Å². The number of aliphatic hydroxyl groups is 1. The van der Waals surface area contributed by atoms with Crippen molar-refractivity contribution < 1.29 is 14.6 Å². The first kappa shape index (κ1) is 14.2. The van der Waals surface area contributed by atoms with E-state index in [2.05, 4.69) is 5.10 Å². The highest BCUT2D eigenvalue weighted by Crippen LogP contribution is 2.19. The Morgan fingerprint density at radius 3 is 2.82 bits per heavy atom. The van der Waals surface area contributed by atoms with Crippen molar-refractivity contribution in [2.75, 3.05) is 13.7 Å². The summed E-state index contributed by atoms with van der Waals surface area (Å²) in [6.07, 6.45) is 0.336. The fourth-order valence-electron chi connectivity index (χ4n) is 1.40. The second-order valence-electron chi connectivity index (χ2n) is 4.11. The summed E-state index contributed by atoms with van der Waals surface area (Å²) in [5.41, 5.74) is 0.241. The molecule has 1 rings (SSSR count). The molecule has 0 saturated heterocycles. The Labute approximate surface area is 105 Å². The van der Waals surface area contributed by atoms with Gasteiger partial charge in [-0.1, -0.05) is 25.4 Å². The molecule has 1 heterocycles. The average Bonchev–Trinajstić information content (AvgIpc) is 2.65. The summed E-state index contributed by atoms with van der Waals surface area (Å²) in [6.45, 7) is 4.39. The van der Waals surface area contributed by atoms with Crippen LogP contribution in [0, 0.1) is 5.92 Å². The van der Waals surface area contributed by atoms with E-state index >= 15 is 0 Å². The third-order valence-electron chi connectivity index (χ3n) is 2.44. The number of aliphatic hydroxyl groups excluding tert-OH is 1. The van der Waals surface area contributed by atoms with Crippen molar-refractivity contribution in [3.8, 4) is 0 Å². The molecule has 1 unspecified atom stereocenters. The molecule has 0 amide bonds. The largest absolute Gasteiger partial charge is 0.385 e. The maximum Gasteiger partial charge on any atom is 0.211 e. The fraction of sp³-hybridized carbons (Fsp3) is 0.636. The van der Waals surface area contributed by atoms with Gasteiger partial charge >= 0.3 is 0 Å². The average molecular weight is 261 g/mol. The molecule has 96 valence electrons. The first-order valence-electron chi connectivity index (χ1n) is 5.41. The number of aromatic nitrogens is 2. The lowest BCUT2D eigenvalue weighted by Gasteiger charge is -2.14. The predicted octanol–water partition coefficient (Wildman–Crippen LogP) is 1.38. The fourth-order valence-corrected chi connectivity index (χ4v) is 1.63. The van der Waals surface area contributed by atoms with Crippen LogP contribution in [0.2, 0.25) is 5.02 Å².